The van der Waals surface area contributed by atoms with Crippen molar-refractivity contribution in [2.24, 2.45) is 0 Å². The second kappa shape index (κ2) is 9.30. The molecule has 2 N–H and O–H groups in total. The van der Waals surface area contributed by atoms with E-state index in [0.717, 1.165) is 50.0 Å². The summed E-state index contributed by atoms with van der Waals surface area (Å²) in [6.07, 6.45) is 4.79. The highest BCUT2D eigenvalue weighted by Crippen LogP contribution is 2.13. The van der Waals surface area contributed by atoms with Crippen LogP contribution in [0.15, 0.2) is 24.3 Å². The summed E-state index contributed by atoms with van der Waals surface area (Å²) in [6.45, 7) is 3.09. The SMILES string of the molecule is CNCCCC(=O)NCc1ccc(C(=O)N2CCCCC2)cc1. The largest absolute Gasteiger partial charge is 0.352 e. The summed E-state index contributed by atoms with van der Waals surface area (Å²) < 4.78 is 0. The quantitative estimate of drug-likeness (QED) is 0.756. The molecule has 126 valence electrons. The summed E-state index contributed by atoms with van der Waals surface area (Å²) in [4.78, 5) is 26.0. The van der Waals surface area contributed by atoms with Crippen molar-refractivity contribution in [1.82, 2.24) is 15.5 Å². The van der Waals surface area contributed by atoms with Gasteiger partial charge in [0.15, 0.2) is 0 Å². The Morgan fingerprint density at radius 3 is 2.43 bits per heavy atom. The second-order valence-corrected chi connectivity index (χ2v) is 6.03. The lowest BCUT2D eigenvalue weighted by atomic mass is 10.1. The summed E-state index contributed by atoms with van der Waals surface area (Å²) in [5.41, 5.74) is 1.75. The zero-order valence-electron chi connectivity index (χ0n) is 13.9. The summed E-state index contributed by atoms with van der Waals surface area (Å²) >= 11 is 0. The standard InChI is InChI=1S/C18H27N3O2/c1-19-11-5-6-17(22)20-14-15-7-9-16(10-8-15)18(23)21-12-3-2-4-13-21/h7-10,19H,2-6,11-14H2,1H3,(H,20,22). The molecule has 1 aliphatic heterocycles. The van der Waals surface area contributed by atoms with Crippen molar-refractivity contribution in [1.29, 1.82) is 0 Å². The van der Waals surface area contributed by atoms with Gasteiger partial charge in [0.1, 0.15) is 0 Å². The first-order valence-electron chi connectivity index (χ1n) is 8.50. The Kier molecular flexibility index (Phi) is 7.07. The first-order chi connectivity index (χ1) is 11.2. The van der Waals surface area contributed by atoms with E-state index in [4.69, 9.17) is 0 Å². The molecule has 0 spiro atoms. The number of amides is 2. The normalized spacial score (nSPS) is 14.6. The maximum absolute atomic E-state index is 12.4. The molecule has 1 aromatic carbocycles. The number of nitrogens with one attached hydrogen (secondary N) is 2. The molecule has 5 nitrogen and oxygen atoms in total. The van der Waals surface area contributed by atoms with Crippen LogP contribution in [0, 0.1) is 0 Å². The number of hydrogen-bond acceptors (Lipinski definition) is 3. The van der Waals surface area contributed by atoms with Gasteiger partial charge >= 0.3 is 0 Å². The maximum atomic E-state index is 12.4. The Balaban J connectivity index is 1.79. The van der Waals surface area contributed by atoms with Crippen LogP contribution >= 0.6 is 0 Å². The third-order valence-corrected chi connectivity index (χ3v) is 4.16. The summed E-state index contributed by atoms with van der Waals surface area (Å²) in [6, 6.07) is 7.56. The van der Waals surface area contributed by atoms with E-state index in [9.17, 15) is 9.59 Å². The van der Waals surface area contributed by atoms with Crippen LogP contribution in [0.3, 0.4) is 0 Å². The molecule has 1 aromatic rings. The van der Waals surface area contributed by atoms with Gasteiger partial charge in [-0.3, -0.25) is 9.59 Å². The molecule has 0 aromatic heterocycles. The van der Waals surface area contributed by atoms with E-state index >= 15 is 0 Å². The fraction of sp³-hybridized carbons (Fsp3) is 0.556. The fourth-order valence-electron chi connectivity index (χ4n) is 2.76. The average molecular weight is 317 g/mol. The van der Waals surface area contributed by atoms with Gasteiger partial charge in [-0.25, -0.2) is 0 Å². The predicted molar refractivity (Wildman–Crippen MR) is 91.2 cm³/mol. The molecule has 0 atom stereocenters. The van der Waals surface area contributed by atoms with Gasteiger partial charge in [0.05, 0.1) is 0 Å². The van der Waals surface area contributed by atoms with Gasteiger partial charge in [0, 0.05) is 31.6 Å². The van der Waals surface area contributed by atoms with Crippen LogP contribution in [0.1, 0.15) is 48.0 Å². The molecular formula is C18H27N3O2. The number of hydrogen-bond donors (Lipinski definition) is 2. The fourth-order valence-corrected chi connectivity index (χ4v) is 2.76. The summed E-state index contributed by atoms with van der Waals surface area (Å²) in [7, 11) is 1.88. The van der Waals surface area contributed by atoms with Crippen LogP contribution in [0.25, 0.3) is 0 Å². The van der Waals surface area contributed by atoms with Crippen LogP contribution < -0.4 is 10.6 Å². The van der Waals surface area contributed by atoms with Crippen molar-refractivity contribution < 1.29 is 9.59 Å². The van der Waals surface area contributed by atoms with Crippen molar-refractivity contribution in [3.8, 4) is 0 Å². The highest BCUT2D eigenvalue weighted by Gasteiger charge is 2.17. The van der Waals surface area contributed by atoms with E-state index < -0.39 is 0 Å². The van der Waals surface area contributed by atoms with E-state index in [1.165, 1.54) is 6.42 Å². The number of piperidine rings is 1. The molecule has 0 aliphatic carbocycles. The monoisotopic (exact) mass is 317 g/mol. The number of rotatable bonds is 7. The smallest absolute Gasteiger partial charge is 0.253 e. The van der Waals surface area contributed by atoms with Crippen molar-refractivity contribution in [3.63, 3.8) is 0 Å². The Hall–Kier alpha value is -1.88. The molecule has 2 rings (SSSR count). The Labute approximate surface area is 138 Å². The number of nitrogens with zero attached hydrogens (tertiary/aromatic N) is 1. The number of likely N-dealkylation sites (tertiary alicyclic amines) is 1. The van der Waals surface area contributed by atoms with Crippen LogP contribution in [-0.2, 0) is 11.3 Å². The lowest BCUT2D eigenvalue weighted by molar-refractivity contribution is -0.121. The first kappa shape index (κ1) is 17.5. The van der Waals surface area contributed by atoms with Crippen LogP contribution in [0.2, 0.25) is 0 Å². The van der Waals surface area contributed by atoms with Crippen LogP contribution in [0.5, 0.6) is 0 Å². The molecule has 23 heavy (non-hydrogen) atoms. The highest BCUT2D eigenvalue weighted by atomic mass is 16.2. The van der Waals surface area contributed by atoms with Crippen molar-refractivity contribution in [3.05, 3.63) is 35.4 Å². The predicted octanol–water partition coefficient (Wildman–Crippen LogP) is 1.93. The van der Waals surface area contributed by atoms with Gasteiger partial charge in [-0.15, -0.1) is 0 Å². The van der Waals surface area contributed by atoms with E-state index in [1.54, 1.807) is 0 Å². The second-order valence-electron chi connectivity index (χ2n) is 6.03. The van der Waals surface area contributed by atoms with Gasteiger partial charge in [0.2, 0.25) is 5.91 Å². The number of carbonyl (C=O) groups excluding carboxylic acids is 2. The van der Waals surface area contributed by atoms with Gasteiger partial charge in [0.25, 0.3) is 5.91 Å². The molecule has 1 saturated heterocycles. The highest BCUT2D eigenvalue weighted by molar-refractivity contribution is 5.94. The summed E-state index contributed by atoms with van der Waals surface area (Å²) in [5, 5.41) is 5.93. The minimum atomic E-state index is 0.0636. The van der Waals surface area contributed by atoms with Crippen molar-refractivity contribution in [2.45, 2.75) is 38.6 Å². The van der Waals surface area contributed by atoms with Crippen LogP contribution in [-0.4, -0.2) is 43.4 Å². The van der Waals surface area contributed by atoms with Gasteiger partial charge in [-0.1, -0.05) is 12.1 Å². The lowest BCUT2D eigenvalue weighted by Crippen LogP contribution is -2.35. The minimum absolute atomic E-state index is 0.0636. The molecule has 5 heteroatoms. The molecule has 1 fully saturated rings. The molecule has 2 amide bonds. The summed E-state index contributed by atoms with van der Waals surface area (Å²) in [5.74, 6) is 0.182. The van der Waals surface area contributed by atoms with E-state index in [1.807, 2.05) is 36.2 Å². The number of benzene rings is 1. The Morgan fingerprint density at radius 1 is 1.09 bits per heavy atom. The molecule has 1 aliphatic rings. The molecule has 0 unspecified atom stereocenters. The topological polar surface area (TPSA) is 61.4 Å². The van der Waals surface area contributed by atoms with Crippen molar-refractivity contribution in [2.75, 3.05) is 26.7 Å². The third kappa shape index (κ3) is 5.67. The van der Waals surface area contributed by atoms with E-state index in [-0.39, 0.29) is 11.8 Å². The van der Waals surface area contributed by atoms with Crippen LogP contribution in [0.4, 0.5) is 0 Å². The zero-order chi connectivity index (χ0) is 16.5. The Morgan fingerprint density at radius 2 is 1.78 bits per heavy atom. The molecular weight excluding hydrogens is 290 g/mol. The molecule has 0 saturated carbocycles. The molecule has 1 heterocycles. The minimum Gasteiger partial charge on any atom is -0.352 e. The molecule has 0 bridgehead atoms. The van der Waals surface area contributed by atoms with Gasteiger partial charge in [-0.05, 0) is 57.0 Å². The molecule has 0 radical (unpaired) electrons. The first-order valence-corrected chi connectivity index (χ1v) is 8.50. The van der Waals surface area contributed by atoms with Gasteiger partial charge < -0.3 is 15.5 Å². The number of carbonyl (C=O) groups is 2. The lowest BCUT2D eigenvalue weighted by Gasteiger charge is -2.26. The van der Waals surface area contributed by atoms with Crippen molar-refractivity contribution >= 4 is 11.8 Å². The van der Waals surface area contributed by atoms with Gasteiger partial charge in [-0.2, -0.15) is 0 Å². The van der Waals surface area contributed by atoms with E-state index in [2.05, 4.69) is 10.6 Å². The zero-order valence-corrected chi connectivity index (χ0v) is 13.9. The third-order valence-electron chi connectivity index (χ3n) is 4.16. The van der Waals surface area contributed by atoms with E-state index in [0.29, 0.717) is 13.0 Å². The average Bonchev–Trinajstić information content (AvgIpc) is 2.61. The maximum Gasteiger partial charge on any atom is 0.253 e. The Bertz CT molecular complexity index is 508.